The molecule has 0 amide bonds. The third-order valence-corrected chi connectivity index (χ3v) is 5.49. The number of aromatic carboxylic acids is 1. The summed E-state index contributed by atoms with van der Waals surface area (Å²) in [6, 6.07) is 20.6. The van der Waals surface area contributed by atoms with Gasteiger partial charge in [-0.25, -0.2) is 9.97 Å². The molecule has 7 heteroatoms. The second-order valence-electron chi connectivity index (χ2n) is 7.86. The minimum Gasteiger partial charge on any atom is -0.545 e. The van der Waals surface area contributed by atoms with Gasteiger partial charge in [0.15, 0.2) is 5.65 Å². The Kier molecular flexibility index (Phi) is 8.56. The third kappa shape index (κ3) is 5.53. The fourth-order valence-corrected chi connectivity index (χ4v) is 3.93. The molecule has 2 aromatic carbocycles. The van der Waals surface area contributed by atoms with E-state index in [1.54, 1.807) is 18.2 Å². The van der Waals surface area contributed by atoms with E-state index in [-0.39, 0.29) is 35.1 Å². The van der Waals surface area contributed by atoms with Crippen molar-refractivity contribution in [2.24, 2.45) is 0 Å². The summed E-state index contributed by atoms with van der Waals surface area (Å²) >= 11 is 0. The van der Waals surface area contributed by atoms with Gasteiger partial charge in [-0.05, 0) is 48.7 Å². The molecule has 0 N–H and O–H groups in total. The number of hydrogen-bond donors (Lipinski definition) is 0. The zero-order chi connectivity index (χ0) is 23.4. The number of nitrogens with zero attached hydrogens (tertiary/aromatic N) is 4. The number of pyridine rings is 2. The molecule has 0 bridgehead atoms. The quantitative estimate of drug-likeness (QED) is 0.377. The molecule has 0 aliphatic rings. The maximum atomic E-state index is 10.1. The zero-order valence-corrected chi connectivity index (χ0v) is 21.9. The molecule has 166 valence electrons. The van der Waals surface area contributed by atoms with Gasteiger partial charge in [0.05, 0.1) is 18.0 Å². The summed E-state index contributed by atoms with van der Waals surface area (Å²) in [6.45, 7) is 7.05. The number of aromatic nitrogens is 4. The Morgan fingerprint density at radius 2 is 1.74 bits per heavy atom. The molecular weight excluding hydrogens is 435 g/mol. The minimum atomic E-state index is -1.13. The van der Waals surface area contributed by atoms with Gasteiger partial charge in [0.2, 0.25) is 0 Å². The van der Waals surface area contributed by atoms with Gasteiger partial charge in [-0.1, -0.05) is 55.5 Å². The Labute approximate surface area is 221 Å². The first-order valence-electron chi connectivity index (χ1n) is 10.9. The Hall–Kier alpha value is -3.06. The van der Waals surface area contributed by atoms with Crippen molar-refractivity contribution in [3.05, 3.63) is 101 Å². The summed E-state index contributed by atoms with van der Waals surface area (Å²) in [5, 5.41) is 11.3. The van der Waals surface area contributed by atoms with Crippen LogP contribution in [-0.4, -0.2) is 25.5 Å². The predicted molar refractivity (Wildman–Crippen MR) is 128 cm³/mol. The normalized spacial score (nSPS) is 10.4. The first-order valence-corrected chi connectivity index (χ1v) is 10.9. The number of benzene rings is 2. The summed E-state index contributed by atoms with van der Waals surface area (Å²) in [5.74, 6) is -0.0531. The van der Waals surface area contributed by atoms with E-state index < -0.39 is 5.97 Å². The number of aryl methyl sites for hydroxylation is 3. The Bertz CT molecular complexity index is 1430. The van der Waals surface area contributed by atoms with E-state index in [0.717, 1.165) is 41.2 Å². The number of imidazole rings is 1. The molecule has 3 heterocycles. The number of carbonyl (C=O) groups excluding carboxylic acids is 1. The van der Waals surface area contributed by atoms with Gasteiger partial charge in [-0.15, -0.1) is 0 Å². The second-order valence-corrected chi connectivity index (χ2v) is 7.86. The molecule has 0 aliphatic carbocycles. The number of carboxylic acid groups (broad SMARTS) is 1. The van der Waals surface area contributed by atoms with Crippen LogP contribution >= 0.6 is 0 Å². The van der Waals surface area contributed by atoms with Gasteiger partial charge in [0.25, 0.3) is 0 Å². The SMILES string of the molecule is CCc1nc2c(C)cc(C)nc2n1Cc1cccc2ncccc12.O=C([O-])c1ccccc1.[Na+]. The second kappa shape index (κ2) is 11.4. The van der Waals surface area contributed by atoms with Gasteiger partial charge in [0.1, 0.15) is 11.3 Å². The van der Waals surface area contributed by atoms with Crippen LogP contribution in [0.3, 0.4) is 0 Å². The summed E-state index contributed by atoms with van der Waals surface area (Å²) in [4.78, 5) is 24.2. The maximum absolute atomic E-state index is 10.1. The van der Waals surface area contributed by atoms with Crippen molar-refractivity contribution in [2.75, 3.05) is 0 Å². The Morgan fingerprint density at radius 1 is 0.971 bits per heavy atom. The van der Waals surface area contributed by atoms with Crippen molar-refractivity contribution in [3.63, 3.8) is 0 Å². The molecule has 0 atom stereocenters. The van der Waals surface area contributed by atoms with Crippen LogP contribution in [0.1, 0.15) is 39.9 Å². The molecule has 0 aliphatic heterocycles. The van der Waals surface area contributed by atoms with Crippen molar-refractivity contribution < 1.29 is 39.5 Å². The van der Waals surface area contributed by atoms with Gasteiger partial charge in [0, 0.05) is 23.7 Å². The van der Waals surface area contributed by atoms with E-state index in [0.29, 0.717) is 0 Å². The molecule has 0 saturated heterocycles. The standard InChI is InChI=1S/C20H20N4.C7H6O2.Na/c1-4-18-23-19-13(2)11-14(3)22-20(19)24(18)12-15-7-5-9-17-16(15)8-6-10-21-17;8-7(9)6-4-2-1-3-5-6;/h5-11H,4,12H2,1-3H3;1-5H,(H,8,9);/q;;+1/p-1. The predicted octanol–water partition coefficient (Wildman–Crippen LogP) is 1.26. The smallest absolute Gasteiger partial charge is 0.545 e. The topological polar surface area (TPSA) is 83.7 Å². The number of carboxylic acids is 1. The van der Waals surface area contributed by atoms with Crippen LogP contribution in [0.5, 0.6) is 0 Å². The largest absolute Gasteiger partial charge is 1.00 e. The average molecular weight is 461 g/mol. The first-order chi connectivity index (χ1) is 16.0. The summed E-state index contributed by atoms with van der Waals surface area (Å²) in [7, 11) is 0. The number of hydrogen-bond acceptors (Lipinski definition) is 5. The van der Waals surface area contributed by atoms with E-state index in [1.807, 2.05) is 19.2 Å². The molecule has 3 aromatic heterocycles. The average Bonchev–Trinajstić information content (AvgIpc) is 3.18. The molecule has 0 saturated carbocycles. The van der Waals surface area contributed by atoms with Crippen molar-refractivity contribution in [2.45, 2.75) is 33.7 Å². The molecule has 0 fully saturated rings. The van der Waals surface area contributed by atoms with Gasteiger partial charge in [-0.3, -0.25) is 4.98 Å². The number of rotatable bonds is 4. The van der Waals surface area contributed by atoms with Crippen LogP contribution in [0, 0.1) is 13.8 Å². The zero-order valence-electron chi connectivity index (χ0n) is 19.9. The van der Waals surface area contributed by atoms with E-state index in [2.05, 4.69) is 53.7 Å². The third-order valence-electron chi connectivity index (χ3n) is 5.49. The van der Waals surface area contributed by atoms with Crippen molar-refractivity contribution in [1.29, 1.82) is 0 Å². The summed E-state index contributed by atoms with van der Waals surface area (Å²) in [6.07, 6.45) is 2.72. The van der Waals surface area contributed by atoms with E-state index in [4.69, 9.17) is 9.97 Å². The molecular formula is C27H25N4NaO2. The molecule has 0 radical (unpaired) electrons. The fraction of sp³-hybridized carbons (Fsp3) is 0.185. The number of carbonyl (C=O) groups is 1. The van der Waals surface area contributed by atoms with Crippen molar-refractivity contribution in [3.8, 4) is 0 Å². The molecule has 5 rings (SSSR count). The van der Waals surface area contributed by atoms with Gasteiger partial charge >= 0.3 is 29.6 Å². The van der Waals surface area contributed by atoms with Crippen LogP contribution in [0.2, 0.25) is 0 Å². The van der Waals surface area contributed by atoms with E-state index >= 15 is 0 Å². The fourth-order valence-electron chi connectivity index (χ4n) is 3.93. The first kappa shape index (κ1) is 25.6. The van der Waals surface area contributed by atoms with Crippen LogP contribution in [0.15, 0.2) is 72.9 Å². The monoisotopic (exact) mass is 460 g/mol. The van der Waals surface area contributed by atoms with Crippen molar-refractivity contribution in [1.82, 2.24) is 19.5 Å². The Morgan fingerprint density at radius 3 is 2.41 bits per heavy atom. The molecule has 5 aromatic rings. The van der Waals surface area contributed by atoms with Gasteiger partial charge < -0.3 is 14.5 Å². The Balaban J connectivity index is 0.000000275. The molecule has 34 heavy (non-hydrogen) atoms. The van der Waals surface area contributed by atoms with Crippen LogP contribution in [0.4, 0.5) is 0 Å². The van der Waals surface area contributed by atoms with Crippen LogP contribution in [-0.2, 0) is 13.0 Å². The van der Waals surface area contributed by atoms with Gasteiger partial charge in [-0.2, -0.15) is 0 Å². The van der Waals surface area contributed by atoms with Crippen LogP contribution in [0.25, 0.3) is 22.1 Å². The van der Waals surface area contributed by atoms with E-state index in [9.17, 15) is 9.90 Å². The van der Waals surface area contributed by atoms with Crippen molar-refractivity contribution >= 4 is 28.0 Å². The summed E-state index contributed by atoms with van der Waals surface area (Å²) < 4.78 is 2.25. The maximum Gasteiger partial charge on any atom is 1.00 e. The van der Waals surface area contributed by atoms with Crippen LogP contribution < -0.4 is 34.7 Å². The molecule has 0 unspecified atom stereocenters. The summed E-state index contributed by atoms with van der Waals surface area (Å²) in [5.41, 5.74) is 6.70. The molecule has 6 nitrogen and oxygen atoms in total. The molecule has 0 spiro atoms. The number of fused-ring (bicyclic) bond motifs is 2. The van der Waals surface area contributed by atoms with E-state index in [1.165, 1.54) is 28.6 Å². The minimum absolute atomic E-state index is 0.